The van der Waals surface area contributed by atoms with Crippen molar-refractivity contribution in [3.05, 3.63) is 81.7 Å². The molecule has 0 bridgehead atoms. The number of carbonyl (C=O) groups excluding carboxylic acids is 2. The van der Waals surface area contributed by atoms with Crippen LogP contribution in [-0.4, -0.2) is 58.0 Å². The lowest BCUT2D eigenvalue weighted by Gasteiger charge is -2.36. The second kappa shape index (κ2) is 8.14. The van der Waals surface area contributed by atoms with E-state index in [2.05, 4.69) is 4.90 Å². The van der Waals surface area contributed by atoms with Crippen molar-refractivity contribution >= 4 is 17.3 Å². The smallest absolute Gasteiger partial charge is 0.201 e. The average molecular weight is 462 g/mol. The van der Waals surface area contributed by atoms with Gasteiger partial charge < -0.3 is 20.2 Å². The molecule has 1 saturated heterocycles. The number of ketones is 2. The Morgan fingerprint density at radius 1 is 0.824 bits per heavy atom. The number of nitrogens with zero attached hydrogens (tertiary/aromatic N) is 2. The Hall–Kier alpha value is -3.91. The lowest BCUT2D eigenvalue weighted by Crippen LogP contribution is -2.46. The topological polar surface area (TPSA) is 101 Å². The Bertz CT molecular complexity index is 1330. The number of rotatable bonds is 3. The largest absolute Gasteiger partial charge is 0.507 e. The third kappa shape index (κ3) is 3.56. The normalized spacial score (nSPS) is 15.9. The van der Waals surface area contributed by atoms with Gasteiger partial charge in [0.1, 0.15) is 23.1 Å². The Morgan fingerprint density at radius 2 is 1.47 bits per heavy atom. The Labute approximate surface area is 195 Å². The van der Waals surface area contributed by atoms with Crippen LogP contribution in [0.25, 0.3) is 0 Å². The van der Waals surface area contributed by atoms with Crippen molar-refractivity contribution in [2.24, 2.45) is 0 Å². The number of phenols is 3. The number of benzene rings is 3. The number of aryl methyl sites for hydroxylation is 1. The van der Waals surface area contributed by atoms with Crippen LogP contribution in [0.5, 0.6) is 17.2 Å². The molecule has 34 heavy (non-hydrogen) atoms. The zero-order valence-electron chi connectivity index (χ0n) is 18.5. The molecule has 0 amide bonds. The summed E-state index contributed by atoms with van der Waals surface area (Å²) >= 11 is 0. The molecule has 0 saturated carbocycles. The molecule has 0 atom stereocenters. The zero-order chi connectivity index (χ0) is 24.1. The quantitative estimate of drug-likeness (QED) is 0.429. The van der Waals surface area contributed by atoms with Crippen molar-refractivity contribution in [3.8, 4) is 17.2 Å². The molecule has 7 nitrogen and oxygen atoms in total. The van der Waals surface area contributed by atoms with Gasteiger partial charge >= 0.3 is 0 Å². The maximum absolute atomic E-state index is 13.2. The number of halogens is 1. The molecule has 2 aliphatic rings. The second-order valence-corrected chi connectivity index (χ2v) is 8.75. The van der Waals surface area contributed by atoms with E-state index in [0.717, 1.165) is 5.69 Å². The Kier molecular flexibility index (Phi) is 5.25. The third-order valence-electron chi connectivity index (χ3n) is 6.53. The summed E-state index contributed by atoms with van der Waals surface area (Å²) in [6.07, 6.45) is 0. The predicted octanol–water partition coefficient (Wildman–Crippen LogP) is 3.35. The molecule has 1 fully saturated rings. The molecule has 0 unspecified atom stereocenters. The Morgan fingerprint density at radius 3 is 2.15 bits per heavy atom. The molecule has 3 aromatic carbocycles. The molecule has 0 radical (unpaired) electrons. The fourth-order valence-corrected chi connectivity index (χ4v) is 4.76. The van der Waals surface area contributed by atoms with Crippen LogP contribution < -0.4 is 4.90 Å². The SMILES string of the molecule is Cc1cc(O)c2c(c1)C(=O)c1cc(O)c(CN3CCN(c4ccc(F)cc4)CC3)c(O)c1C2=O. The van der Waals surface area contributed by atoms with Crippen LogP contribution >= 0.6 is 0 Å². The number of aromatic hydroxyl groups is 3. The summed E-state index contributed by atoms with van der Waals surface area (Å²) < 4.78 is 13.2. The van der Waals surface area contributed by atoms with Crippen LogP contribution in [0.4, 0.5) is 10.1 Å². The lowest BCUT2D eigenvalue weighted by atomic mass is 9.81. The van der Waals surface area contributed by atoms with E-state index in [0.29, 0.717) is 31.7 Å². The van der Waals surface area contributed by atoms with E-state index < -0.39 is 17.3 Å². The first kappa shape index (κ1) is 21.9. The first-order valence-corrected chi connectivity index (χ1v) is 11.0. The first-order valence-electron chi connectivity index (χ1n) is 11.0. The average Bonchev–Trinajstić information content (AvgIpc) is 2.80. The second-order valence-electron chi connectivity index (χ2n) is 8.75. The first-order chi connectivity index (χ1) is 16.2. The van der Waals surface area contributed by atoms with Crippen LogP contribution in [0.15, 0.2) is 42.5 Å². The monoisotopic (exact) mass is 462 g/mol. The maximum Gasteiger partial charge on any atom is 0.201 e. The number of hydrogen-bond donors (Lipinski definition) is 3. The summed E-state index contributed by atoms with van der Waals surface area (Å²) in [6, 6.07) is 10.4. The van der Waals surface area contributed by atoms with Gasteiger partial charge in [0, 0.05) is 49.5 Å². The number of fused-ring (bicyclic) bond motifs is 2. The number of anilines is 1. The highest BCUT2D eigenvalue weighted by molar-refractivity contribution is 6.30. The highest BCUT2D eigenvalue weighted by Gasteiger charge is 2.36. The van der Waals surface area contributed by atoms with Crippen LogP contribution in [0.2, 0.25) is 0 Å². The van der Waals surface area contributed by atoms with Crippen molar-refractivity contribution < 1.29 is 29.3 Å². The van der Waals surface area contributed by atoms with Gasteiger partial charge in [-0.2, -0.15) is 0 Å². The third-order valence-corrected chi connectivity index (χ3v) is 6.53. The van der Waals surface area contributed by atoms with Crippen molar-refractivity contribution in [3.63, 3.8) is 0 Å². The van der Waals surface area contributed by atoms with Gasteiger partial charge in [0.05, 0.1) is 16.7 Å². The molecule has 0 spiro atoms. The fraction of sp³-hybridized carbons (Fsp3) is 0.231. The van der Waals surface area contributed by atoms with Gasteiger partial charge in [-0.3, -0.25) is 14.5 Å². The molecule has 3 aromatic rings. The minimum Gasteiger partial charge on any atom is -0.507 e. The molecule has 174 valence electrons. The van der Waals surface area contributed by atoms with Gasteiger partial charge in [0.25, 0.3) is 0 Å². The van der Waals surface area contributed by atoms with Gasteiger partial charge in [0.15, 0.2) is 5.78 Å². The van der Waals surface area contributed by atoms with Crippen LogP contribution in [0.1, 0.15) is 43.0 Å². The molecule has 5 rings (SSSR count). The lowest BCUT2D eigenvalue weighted by molar-refractivity contribution is 0.0973. The number of phenolic OH excluding ortho intramolecular Hbond substituents is 3. The minimum absolute atomic E-state index is 0.0541. The summed E-state index contributed by atoms with van der Waals surface area (Å²) in [7, 11) is 0. The summed E-state index contributed by atoms with van der Waals surface area (Å²) in [5, 5.41) is 31.9. The maximum atomic E-state index is 13.2. The standard InChI is InChI=1S/C26H23FN2O5/c1-14-10-17-22(21(31)11-14)26(34)23-18(24(17)32)12-20(30)19(25(23)33)13-28-6-8-29(9-7-28)16-4-2-15(27)3-5-16/h2-5,10-12,30-31,33H,6-9,13H2,1H3. The Balaban J connectivity index is 1.41. The molecule has 3 N–H and O–H groups in total. The van der Waals surface area contributed by atoms with E-state index in [9.17, 15) is 29.3 Å². The van der Waals surface area contributed by atoms with Crippen molar-refractivity contribution in [2.75, 3.05) is 31.1 Å². The van der Waals surface area contributed by atoms with E-state index in [1.165, 1.54) is 30.3 Å². The molecule has 1 heterocycles. The highest BCUT2D eigenvalue weighted by Crippen LogP contribution is 2.42. The summed E-state index contributed by atoms with van der Waals surface area (Å²) in [5.74, 6) is -2.50. The molecular weight excluding hydrogens is 439 g/mol. The van der Waals surface area contributed by atoms with Gasteiger partial charge in [-0.05, 0) is 55.0 Å². The van der Waals surface area contributed by atoms with Crippen molar-refractivity contribution in [1.82, 2.24) is 4.90 Å². The summed E-state index contributed by atoms with van der Waals surface area (Å²) in [4.78, 5) is 30.4. The van der Waals surface area contributed by atoms with E-state index in [1.807, 2.05) is 4.90 Å². The molecular formula is C26H23FN2O5. The van der Waals surface area contributed by atoms with E-state index in [1.54, 1.807) is 19.1 Å². The number of piperazine rings is 1. The van der Waals surface area contributed by atoms with Gasteiger partial charge in [0.2, 0.25) is 5.78 Å². The summed E-state index contributed by atoms with van der Waals surface area (Å²) in [6.45, 7) is 4.43. The zero-order valence-corrected chi connectivity index (χ0v) is 18.5. The molecule has 8 heteroatoms. The summed E-state index contributed by atoms with van der Waals surface area (Å²) in [5.41, 5.74) is 1.33. The molecule has 0 aromatic heterocycles. The van der Waals surface area contributed by atoms with Crippen molar-refractivity contribution in [2.45, 2.75) is 13.5 Å². The molecule has 1 aliphatic heterocycles. The predicted molar refractivity (Wildman–Crippen MR) is 123 cm³/mol. The van der Waals surface area contributed by atoms with Gasteiger partial charge in [-0.15, -0.1) is 0 Å². The van der Waals surface area contributed by atoms with E-state index in [4.69, 9.17) is 0 Å². The van der Waals surface area contributed by atoms with Crippen LogP contribution in [0.3, 0.4) is 0 Å². The van der Waals surface area contributed by atoms with Gasteiger partial charge in [-0.1, -0.05) is 0 Å². The van der Waals surface area contributed by atoms with Crippen molar-refractivity contribution in [1.29, 1.82) is 0 Å². The van der Waals surface area contributed by atoms with Gasteiger partial charge in [-0.25, -0.2) is 4.39 Å². The van der Waals surface area contributed by atoms with Crippen LogP contribution in [0, 0.1) is 12.7 Å². The number of carbonyl (C=O) groups is 2. The number of hydrogen-bond acceptors (Lipinski definition) is 7. The minimum atomic E-state index is -0.651. The van der Waals surface area contributed by atoms with E-state index >= 15 is 0 Å². The van der Waals surface area contributed by atoms with E-state index in [-0.39, 0.29) is 51.7 Å². The highest BCUT2D eigenvalue weighted by atomic mass is 19.1. The fourth-order valence-electron chi connectivity index (χ4n) is 4.76. The molecule has 1 aliphatic carbocycles. The van der Waals surface area contributed by atoms with Crippen LogP contribution in [-0.2, 0) is 6.54 Å².